The lowest BCUT2D eigenvalue weighted by Gasteiger charge is -2.22. The van der Waals surface area contributed by atoms with Crippen molar-refractivity contribution in [2.45, 2.75) is 45.2 Å². The molecule has 2 rings (SSSR count). The van der Waals surface area contributed by atoms with Gasteiger partial charge in [-0.25, -0.2) is 4.79 Å². The first-order chi connectivity index (χ1) is 12.2. The summed E-state index contributed by atoms with van der Waals surface area (Å²) in [6.45, 7) is 5.01. The number of carbonyl (C=O) groups is 3. The number of amides is 4. The molecule has 0 radical (unpaired) electrons. The molecule has 26 heavy (non-hydrogen) atoms. The normalized spacial score (nSPS) is 19.6. The predicted octanol–water partition coefficient (Wildman–Crippen LogP) is 1.67. The third-order valence-electron chi connectivity index (χ3n) is 4.58. The highest BCUT2D eigenvalue weighted by Crippen LogP contribution is 2.29. The maximum absolute atomic E-state index is 12.7. The summed E-state index contributed by atoms with van der Waals surface area (Å²) in [4.78, 5) is 48.2. The molecule has 0 saturated carbocycles. The first kappa shape index (κ1) is 19.4. The first-order valence-corrected chi connectivity index (χ1v) is 8.41. The fourth-order valence-electron chi connectivity index (χ4n) is 2.86. The molecular formula is C17H22N4O5. The minimum absolute atomic E-state index is 0.00989. The molecule has 1 aromatic rings. The number of rotatable bonds is 7. The summed E-state index contributed by atoms with van der Waals surface area (Å²) in [5.41, 5.74) is -1.08. The molecule has 0 spiro atoms. The SMILES string of the molecule is CCC(CC)NC(=O)CN1C(=O)N[C@@](C)(c2ccc([N+](=O)[O-])cc2)C1=O. The van der Waals surface area contributed by atoms with Crippen molar-refractivity contribution in [3.05, 3.63) is 39.9 Å². The molecular weight excluding hydrogens is 340 g/mol. The Kier molecular flexibility index (Phi) is 5.59. The molecule has 0 aliphatic carbocycles. The van der Waals surface area contributed by atoms with E-state index in [4.69, 9.17) is 0 Å². The molecule has 2 N–H and O–H groups in total. The number of non-ortho nitro benzene ring substituents is 1. The summed E-state index contributed by atoms with van der Waals surface area (Å²) < 4.78 is 0. The summed E-state index contributed by atoms with van der Waals surface area (Å²) in [6, 6.07) is 4.69. The quantitative estimate of drug-likeness (QED) is 0.434. The number of nitro benzene ring substituents is 1. The maximum atomic E-state index is 12.7. The molecule has 0 bridgehead atoms. The van der Waals surface area contributed by atoms with Gasteiger partial charge in [-0.3, -0.25) is 24.6 Å². The third kappa shape index (κ3) is 3.66. The van der Waals surface area contributed by atoms with Crippen LogP contribution in [0.4, 0.5) is 10.5 Å². The minimum Gasteiger partial charge on any atom is -0.352 e. The summed E-state index contributed by atoms with van der Waals surface area (Å²) in [5, 5.41) is 16.1. The largest absolute Gasteiger partial charge is 0.352 e. The van der Waals surface area contributed by atoms with E-state index in [0.29, 0.717) is 5.56 Å². The van der Waals surface area contributed by atoms with Gasteiger partial charge in [0.25, 0.3) is 11.6 Å². The average molecular weight is 362 g/mol. The molecule has 1 aliphatic rings. The maximum Gasteiger partial charge on any atom is 0.325 e. The fraction of sp³-hybridized carbons (Fsp3) is 0.471. The number of nitro groups is 1. The highest BCUT2D eigenvalue weighted by Gasteiger charge is 2.49. The molecule has 0 unspecified atom stereocenters. The van der Waals surface area contributed by atoms with Gasteiger partial charge in [0.2, 0.25) is 5.91 Å². The summed E-state index contributed by atoms with van der Waals surface area (Å²) in [6.07, 6.45) is 1.51. The molecule has 1 aliphatic heterocycles. The van der Waals surface area contributed by atoms with Crippen LogP contribution in [0.25, 0.3) is 0 Å². The highest BCUT2D eigenvalue weighted by molar-refractivity contribution is 6.09. The van der Waals surface area contributed by atoms with Gasteiger partial charge in [-0.05, 0) is 37.5 Å². The molecule has 1 saturated heterocycles. The van der Waals surface area contributed by atoms with Crippen molar-refractivity contribution in [1.29, 1.82) is 0 Å². The van der Waals surface area contributed by atoms with E-state index in [1.807, 2.05) is 13.8 Å². The smallest absolute Gasteiger partial charge is 0.325 e. The van der Waals surface area contributed by atoms with Crippen molar-refractivity contribution in [2.75, 3.05) is 6.54 Å². The highest BCUT2D eigenvalue weighted by atomic mass is 16.6. The van der Waals surface area contributed by atoms with Crippen molar-refractivity contribution in [2.24, 2.45) is 0 Å². The number of hydrogen-bond acceptors (Lipinski definition) is 5. The van der Waals surface area contributed by atoms with E-state index in [1.54, 1.807) is 0 Å². The van der Waals surface area contributed by atoms with Crippen LogP contribution in [0.2, 0.25) is 0 Å². The minimum atomic E-state index is -1.37. The van der Waals surface area contributed by atoms with Crippen LogP contribution in [0.1, 0.15) is 39.2 Å². The van der Waals surface area contributed by atoms with Crippen LogP contribution in [0.3, 0.4) is 0 Å². The van der Waals surface area contributed by atoms with Crippen molar-refractivity contribution in [3.63, 3.8) is 0 Å². The number of hydrogen-bond donors (Lipinski definition) is 2. The van der Waals surface area contributed by atoms with Crippen molar-refractivity contribution >= 4 is 23.5 Å². The molecule has 0 aromatic heterocycles. The predicted molar refractivity (Wildman–Crippen MR) is 93.2 cm³/mol. The summed E-state index contributed by atoms with van der Waals surface area (Å²) in [7, 11) is 0. The Morgan fingerprint density at radius 1 is 1.27 bits per heavy atom. The molecule has 140 valence electrons. The van der Waals surface area contributed by atoms with E-state index in [-0.39, 0.29) is 18.3 Å². The second kappa shape index (κ2) is 7.51. The van der Waals surface area contributed by atoms with E-state index in [0.717, 1.165) is 17.7 Å². The Morgan fingerprint density at radius 2 is 1.85 bits per heavy atom. The Hall–Kier alpha value is -2.97. The summed E-state index contributed by atoms with van der Waals surface area (Å²) >= 11 is 0. The Bertz CT molecular complexity index is 729. The average Bonchev–Trinajstić information content (AvgIpc) is 2.83. The zero-order valence-electron chi connectivity index (χ0n) is 14.9. The molecule has 9 nitrogen and oxygen atoms in total. The van der Waals surface area contributed by atoms with Gasteiger partial charge in [0.1, 0.15) is 12.1 Å². The fourth-order valence-corrected chi connectivity index (χ4v) is 2.86. The van der Waals surface area contributed by atoms with E-state index >= 15 is 0 Å². The third-order valence-corrected chi connectivity index (χ3v) is 4.58. The summed E-state index contributed by atoms with van der Waals surface area (Å²) in [5.74, 6) is -0.980. The molecule has 1 aromatic carbocycles. The van der Waals surface area contributed by atoms with Gasteiger partial charge in [-0.15, -0.1) is 0 Å². The van der Waals surface area contributed by atoms with Crippen molar-refractivity contribution in [3.8, 4) is 0 Å². The van der Waals surface area contributed by atoms with Crippen LogP contribution >= 0.6 is 0 Å². The molecule has 1 heterocycles. The van der Waals surface area contributed by atoms with Gasteiger partial charge in [0.15, 0.2) is 0 Å². The molecule has 4 amide bonds. The zero-order valence-corrected chi connectivity index (χ0v) is 14.9. The number of imide groups is 1. The zero-order chi connectivity index (χ0) is 19.5. The van der Waals surface area contributed by atoms with Crippen LogP contribution in [0.15, 0.2) is 24.3 Å². The van der Waals surface area contributed by atoms with Gasteiger partial charge < -0.3 is 10.6 Å². The lowest BCUT2D eigenvalue weighted by atomic mass is 9.92. The molecule has 9 heteroatoms. The van der Waals surface area contributed by atoms with Gasteiger partial charge in [-0.2, -0.15) is 0 Å². The van der Waals surface area contributed by atoms with E-state index in [1.165, 1.54) is 31.2 Å². The lowest BCUT2D eigenvalue weighted by molar-refractivity contribution is -0.384. The van der Waals surface area contributed by atoms with Gasteiger partial charge in [-0.1, -0.05) is 13.8 Å². The van der Waals surface area contributed by atoms with E-state index in [2.05, 4.69) is 10.6 Å². The molecule has 1 atom stereocenters. The number of benzene rings is 1. The van der Waals surface area contributed by atoms with Crippen LogP contribution in [0, 0.1) is 10.1 Å². The van der Waals surface area contributed by atoms with Crippen LogP contribution in [-0.4, -0.2) is 40.3 Å². The Morgan fingerprint density at radius 3 is 2.35 bits per heavy atom. The Balaban J connectivity index is 2.16. The monoisotopic (exact) mass is 362 g/mol. The second-order valence-corrected chi connectivity index (χ2v) is 6.33. The number of urea groups is 1. The Labute approximate surface area is 150 Å². The van der Waals surface area contributed by atoms with Gasteiger partial charge in [0.05, 0.1) is 4.92 Å². The van der Waals surface area contributed by atoms with E-state index in [9.17, 15) is 24.5 Å². The first-order valence-electron chi connectivity index (χ1n) is 8.41. The lowest BCUT2D eigenvalue weighted by Crippen LogP contribution is -2.45. The van der Waals surface area contributed by atoms with Crippen LogP contribution < -0.4 is 10.6 Å². The standard InChI is InChI=1S/C17H22N4O5/c1-4-12(5-2)18-14(22)10-20-15(23)17(3,19-16(20)24)11-6-8-13(9-7-11)21(25)26/h6-9,12H,4-5,10H2,1-3H3,(H,18,22)(H,19,24)/t17-/m0/s1. The van der Waals surface area contributed by atoms with Crippen LogP contribution in [0.5, 0.6) is 0 Å². The van der Waals surface area contributed by atoms with Gasteiger partial charge >= 0.3 is 6.03 Å². The van der Waals surface area contributed by atoms with Gasteiger partial charge in [0, 0.05) is 18.2 Å². The number of carbonyl (C=O) groups excluding carboxylic acids is 3. The van der Waals surface area contributed by atoms with E-state index < -0.39 is 28.3 Å². The number of nitrogens with zero attached hydrogens (tertiary/aromatic N) is 2. The topological polar surface area (TPSA) is 122 Å². The number of nitrogens with one attached hydrogen (secondary N) is 2. The van der Waals surface area contributed by atoms with Crippen LogP contribution in [-0.2, 0) is 15.1 Å². The van der Waals surface area contributed by atoms with Crippen molar-refractivity contribution in [1.82, 2.24) is 15.5 Å². The van der Waals surface area contributed by atoms with Crippen molar-refractivity contribution < 1.29 is 19.3 Å². The second-order valence-electron chi connectivity index (χ2n) is 6.33. The molecule has 1 fully saturated rings.